The minimum absolute atomic E-state index is 0.0563. The molecule has 0 amide bonds. The average Bonchev–Trinajstić information content (AvgIpc) is 3.28. The van der Waals surface area contributed by atoms with Crippen LogP contribution in [0.15, 0.2) is 72.3 Å². The van der Waals surface area contributed by atoms with E-state index in [1.807, 2.05) is 25.4 Å². The molecule has 0 fully saturated rings. The van der Waals surface area contributed by atoms with Crippen LogP contribution in [0.1, 0.15) is 0 Å². The Morgan fingerprint density at radius 1 is 0.972 bits per heavy atom. The number of fused-ring (bicyclic) bond motifs is 1. The second kappa shape index (κ2) is 9.40. The molecule has 0 saturated heterocycles. The molecule has 0 aliphatic rings. The summed E-state index contributed by atoms with van der Waals surface area (Å²) in [5.74, 6) is 0.345. The van der Waals surface area contributed by atoms with Gasteiger partial charge in [-0.25, -0.2) is 23.4 Å². The number of sulfonamides is 1. The Morgan fingerprint density at radius 2 is 1.83 bits per heavy atom. The molecule has 4 aromatic heterocycles. The van der Waals surface area contributed by atoms with Crippen LogP contribution in [-0.4, -0.2) is 45.2 Å². The number of nitrogens with one attached hydrogen (secondary N) is 2. The highest BCUT2D eigenvalue weighted by Gasteiger charge is 2.22. The van der Waals surface area contributed by atoms with Crippen molar-refractivity contribution in [1.82, 2.24) is 29.7 Å². The molecule has 0 saturated carbocycles. The first kappa shape index (κ1) is 23.5. The third kappa shape index (κ3) is 4.90. The van der Waals surface area contributed by atoms with Crippen LogP contribution in [0.3, 0.4) is 0 Å². The van der Waals surface area contributed by atoms with Crippen LogP contribution in [0.4, 0.5) is 17.3 Å². The van der Waals surface area contributed by atoms with Crippen LogP contribution < -0.4 is 14.8 Å². The third-order valence-corrected chi connectivity index (χ3v) is 6.69. The van der Waals surface area contributed by atoms with E-state index in [0.29, 0.717) is 17.3 Å². The normalized spacial score (nSPS) is 11.4. The molecule has 11 nitrogen and oxygen atoms in total. The van der Waals surface area contributed by atoms with Gasteiger partial charge in [-0.3, -0.25) is 9.40 Å². The molecule has 13 heteroatoms. The number of aromatic nitrogens is 6. The van der Waals surface area contributed by atoms with Crippen molar-refractivity contribution in [2.45, 2.75) is 4.90 Å². The van der Waals surface area contributed by atoms with E-state index in [9.17, 15) is 8.42 Å². The quantitative estimate of drug-likeness (QED) is 0.324. The number of hydrogen-bond acceptors (Lipinski definition) is 9. The highest BCUT2D eigenvalue weighted by Crippen LogP contribution is 2.29. The first-order valence-electron chi connectivity index (χ1n) is 10.5. The van der Waals surface area contributed by atoms with E-state index in [1.54, 1.807) is 41.5 Å². The molecule has 2 N–H and O–H groups in total. The van der Waals surface area contributed by atoms with Gasteiger partial charge in [-0.05, 0) is 29.8 Å². The van der Waals surface area contributed by atoms with E-state index in [4.69, 9.17) is 16.3 Å². The number of pyridine rings is 2. The van der Waals surface area contributed by atoms with Gasteiger partial charge in [0, 0.05) is 48.5 Å². The maximum Gasteiger partial charge on any atom is 0.267 e. The Balaban J connectivity index is 1.41. The summed E-state index contributed by atoms with van der Waals surface area (Å²) in [5.41, 5.74) is 3.14. The molecule has 36 heavy (non-hydrogen) atoms. The maximum absolute atomic E-state index is 13.0. The monoisotopic (exact) mass is 522 g/mol. The molecule has 0 aliphatic heterocycles. The van der Waals surface area contributed by atoms with Crippen LogP contribution in [0.5, 0.6) is 5.88 Å². The molecular formula is C23H19ClN8O3S. The Labute approximate surface area is 211 Å². The second-order valence-electron chi connectivity index (χ2n) is 7.71. The Kier molecular flexibility index (Phi) is 6.12. The van der Waals surface area contributed by atoms with Crippen LogP contribution in [0.25, 0.3) is 22.2 Å². The van der Waals surface area contributed by atoms with E-state index in [0.717, 1.165) is 22.2 Å². The molecule has 0 radical (unpaired) electrons. The highest BCUT2D eigenvalue weighted by molar-refractivity contribution is 7.92. The largest absolute Gasteiger partial charge is 0.480 e. The highest BCUT2D eigenvalue weighted by atomic mass is 35.5. The lowest BCUT2D eigenvalue weighted by molar-refractivity contribution is 0.385. The van der Waals surface area contributed by atoms with Crippen molar-refractivity contribution in [1.29, 1.82) is 0 Å². The molecule has 0 bridgehead atoms. The molecule has 5 aromatic rings. The number of ether oxygens (including phenoxy) is 1. The Morgan fingerprint density at radius 3 is 2.61 bits per heavy atom. The van der Waals surface area contributed by atoms with Gasteiger partial charge in [0.15, 0.2) is 10.5 Å². The van der Waals surface area contributed by atoms with Gasteiger partial charge >= 0.3 is 0 Å². The average molecular weight is 523 g/mol. The van der Waals surface area contributed by atoms with E-state index >= 15 is 0 Å². The van der Waals surface area contributed by atoms with E-state index in [-0.39, 0.29) is 15.8 Å². The number of benzene rings is 1. The van der Waals surface area contributed by atoms with Crippen molar-refractivity contribution in [3.63, 3.8) is 0 Å². The standard InChI is InChI=1S/C23H19ClN8O3S/c1-32-13-19(12-28-32)29-23-27-10-16-6-15(9-25-21(16)30-23)14-4-3-5-18(7-14)31-36(33,34)20-8-17(24)11-26-22(20)35-2/h3-13,31H,1-2H3,(H,25,27,29,30). The van der Waals surface area contributed by atoms with Gasteiger partial charge in [0.25, 0.3) is 10.0 Å². The van der Waals surface area contributed by atoms with Gasteiger partial charge < -0.3 is 10.1 Å². The summed E-state index contributed by atoms with van der Waals surface area (Å²) in [6.07, 6.45) is 8.13. The van der Waals surface area contributed by atoms with Crippen molar-refractivity contribution in [3.8, 4) is 17.0 Å². The SMILES string of the molecule is COc1ncc(Cl)cc1S(=O)(=O)Nc1cccc(-c2cnc3nc(Nc4cnn(C)c4)ncc3c2)c1. The van der Waals surface area contributed by atoms with Crippen molar-refractivity contribution in [2.75, 3.05) is 17.1 Å². The van der Waals surface area contributed by atoms with Crippen LogP contribution in [-0.2, 0) is 17.1 Å². The first-order chi connectivity index (χ1) is 17.3. The fourth-order valence-electron chi connectivity index (χ4n) is 3.48. The summed E-state index contributed by atoms with van der Waals surface area (Å²) in [6, 6.07) is 10.1. The van der Waals surface area contributed by atoms with Crippen molar-refractivity contribution in [3.05, 3.63) is 72.4 Å². The van der Waals surface area contributed by atoms with Crippen molar-refractivity contribution >= 4 is 50.0 Å². The second-order valence-corrected chi connectivity index (χ2v) is 9.79. The fraction of sp³-hybridized carbons (Fsp3) is 0.0870. The summed E-state index contributed by atoms with van der Waals surface area (Å²) in [5, 5.41) is 8.09. The summed E-state index contributed by atoms with van der Waals surface area (Å²) in [7, 11) is -0.854. The van der Waals surface area contributed by atoms with Crippen LogP contribution in [0, 0.1) is 0 Å². The summed E-state index contributed by atoms with van der Waals surface area (Å²) >= 11 is 5.95. The number of methoxy groups -OCH3 is 1. The molecule has 182 valence electrons. The number of rotatable bonds is 7. The number of nitrogens with zero attached hydrogens (tertiary/aromatic N) is 6. The van der Waals surface area contributed by atoms with Gasteiger partial charge in [-0.1, -0.05) is 23.7 Å². The number of anilines is 3. The molecule has 0 aliphatic carbocycles. The van der Waals surface area contributed by atoms with Crippen molar-refractivity contribution < 1.29 is 13.2 Å². The van der Waals surface area contributed by atoms with Gasteiger partial charge in [0.2, 0.25) is 11.8 Å². The fourth-order valence-corrected chi connectivity index (χ4v) is 4.90. The topological polar surface area (TPSA) is 137 Å². The Bertz CT molecular complexity index is 1690. The molecular weight excluding hydrogens is 504 g/mol. The smallest absolute Gasteiger partial charge is 0.267 e. The summed E-state index contributed by atoms with van der Waals surface area (Å²) < 4.78 is 35.3. The molecule has 0 spiro atoms. The number of halogens is 1. The van der Waals surface area contributed by atoms with Gasteiger partial charge in [-0.15, -0.1) is 0 Å². The maximum atomic E-state index is 13.0. The van der Waals surface area contributed by atoms with E-state index in [1.165, 1.54) is 19.4 Å². The lowest BCUT2D eigenvalue weighted by Crippen LogP contribution is -2.14. The zero-order chi connectivity index (χ0) is 25.3. The Hall–Kier alpha value is -4.29. The zero-order valence-electron chi connectivity index (χ0n) is 19.0. The zero-order valence-corrected chi connectivity index (χ0v) is 20.6. The van der Waals surface area contributed by atoms with E-state index in [2.05, 4.69) is 35.1 Å². The lowest BCUT2D eigenvalue weighted by atomic mass is 10.1. The lowest BCUT2D eigenvalue weighted by Gasteiger charge is -2.12. The summed E-state index contributed by atoms with van der Waals surface area (Å²) in [4.78, 5) is 17.0. The predicted octanol–water partition coefficient (Wildman–Crippen LogP) is 4.03. The van der Waals surface area contributed by atoms with Crippen LogP contribution >= 0.6 is 11.6 Å². The number of aryl methyl sites for hydroxylation is 1. The molecule has 4 heterocycles. The van der Waals surface area contributed by atoms with Gasteiger partial charge in [-0.2, -0.15) is 10.1 Å². The van der Waals surface area contributed by atoms with E-state index < -0.39 is 10.0 Å². The molecule has 0 unspecified atom stereocenters. The number of hydrogen-bond donors (Lipinski definition) is 2. The summed E-state index contributed by atoms with van der Waals surface area (Å²) in [6.45, 7) is 0. The minimum atomic E-state index is -4.01. The predicted molar refractivity (Wildman–Crippen MR) is 136 cm³/mol. The minimum Gasteiger partial charge on any atom is -0.480 e. The molecule has 0 atom stereocenters. The molecule has 1 aromatic carbocycles. The third-order valence-electron chi connectivity index (χ3n) is 5.11. The molecule has 5 rings (SSSR count). The van der Waals surface area contributed by atoms with Crippen molar-refractivity contribution in [2.24, 2.45) is 7.05 Å². The van der Waals surface area contributed by atoms with Crippen LogP contribution in [0.2, 0.25) is 5.02 Å². The van der Waals surface area contributed by atoms with Gasteiger partial charge in [0.1, 0.15) is 0 Å². The first-order valence-corrected chi connectivity index (χ1v) is 12.4. The van der Waals surface area contributed by atoms with Gasteiger partial charge in [0.05, 0.1) is 24.0 Å².